The maximum absolute atomic E-state index is 14.4. The smallest absolute Gasteiger partial charge is 0.245 e. The van der Waals surface area contributed by atoms with E-state index in [1.807, 2.05) is 29.3 Å². The van der Waals surface area contributed by atoms with Crippen LogP contribution in [0.2, 0.25) is 0 Å². The molecule has 6 saturated heterocycles. The van der Waals surface area contributed by atoms with Crippen LogP contribution in [0.15, 0.2) is 30.5 Å². The quantitative estimate of drug-likeness (QED) is 0.499. The van der Waals surface area contributed by atoms with E-state index in [4.69, 9.17) is 4.74 Å². The van der Waals surface area contributed by atoms with E-state index >= 15 is 0 Å². The van der Waals surface area contributed by atoms with E-state index < -0.39 is 11.6 Å². The Hall–Kier alpha value is -3.55. The second-order valence-corrected chi connectivity index (χ2v) is 13.9. The lowest BCUT2D eigenvalue weighted by molar-refractivity contribution is -0.147. The lowest BCUT2D eigenvalue weighted by Gasteiger charge is -2.45. The van der Waals surface area contributed by atoms with Crippen molar-refractivity contribution in [3.05, 3.63) is 41.7 Å². The molecular weight excluding hydrogens is 588 g/mol. The number of nitrogens with one attached hydrogen (secondary N) is 1. The van der Waals surface area contributed by atoms with Crippen molar-refractivity contribution in [1.29, 1.82) is 0 Å². The maximum atomic E-state index is 14.4. The number of amides is 3. The van der Waals surface area contributed by atoms with Crippen LogP contribution in [0.5, 0.6) is 5.75 Å². The minimum absolute atomic E-state index is 0.0112. The number of piperidine rings is 2. The number of rotatable bonds is 5. The zero-order valence-corrected chi connectivity index (χ0v) is 26.7. The third kappa shape index (κ3) is 6.12. The summed E-state index contributed by atoms with van der Waals surface area (Å²) >= 11 is 0. The number of phenolic OH excluding ortho intramolecular Hbond substituents is 1. The normalized spacial score (nSPS) is 28.0. The highest BCUT2D eigenvalue weighted by Crippen LogP contribution is 2.36. The number of para-hydroxylation sites is 1. The van der Waals surface area contributed by atoms with E-state index in [1.165, 1.54) is 0 Å². The SMILES string of the molecule is COCc1cn([C@H]2C[C@H]3C(=O)N4CCC(CC4)N4CCC[C@H]4C(=O)NC4(CCN(Cc5ccccc5O)CC4)CC(=O)N3C2)nn1. The number of likely N-dealkylation sites (tertiary alicyclic amines) is 1. The first-order valence-corrected chi connectivity index (χ1v) is 16.9. The number of methoxy groups -OCH3 is 1. The highest BCUT2D eigenvalue weighted by Gasteiger charge is 2.48. The summed E-state index contributed by atoms with van der Waals surface area (Å²) in [5, 5.41) is 22.4. The van der Waals surface area contributed by atoms with Gasteiger partial charge in [0.2, 0.25) is 17.7 Å². The molecule has 0 aliphatic carbocycles. The summed E-state index contributed by atoms with van der Waals surface area (Å²) in [6, 6.07) is 6.67. The van der Waals surface area contributed by atoms with Crippen molar-refractivity contribution < 1.29 is 24.2 Å². The van der Waals surface area contributed by atoms with Gasteiger partial charge in [-0.3, -0.25) is 24.2 Å². The number of aromatic nitrogens is 3. The Morgan fingerprint density at radius 2 is 1.78 bits per heavy atom. The molecule has 6 aliphatic rings. The van der Waals surface area contributed by atoms with Gasteiger partial charge < -0.3 is 25.0 Å². The molecule has 1 aromatic heterocycles. The van der Waals surface area contributed by atoms with Gasteiger partial charge >= 0.3 is 0 Å². The van der Waals surface area contributed by atoms with Crippen molar-refractivity contribution in [1.82, 2.24) is 39.9 Å². The van der Waals surface area contributed by atoms with E-state index in [0.29, 0.717) is 70.8 Å². The van der Waals surface area contributed by atoms with Gasteiger partial charge in [0, 0.05) is 64.4 Å². The summed E-state index contributed by atoms with van der Waals surface area (Å²) < 4.78 is 6.99. The van der Waals surface area contributed by atoms with Crippen molar-refractivity contribution >= 4 is 17.7 Å². The Labute approximate surface area is 269 Å². The van der Waals surface area contributed by atoms with Crippen LogP contribution in [0, 0.1) is 0 Å². The second-order valence-electron chi connectivity index (χ2n) is 13.9. The molecule has 13 nitrogen and oxygen atoms in total. The predicted molar refractivity (Wildman–Crippen MR) is 167 cm³/mol. The Balaban J connectivity index is 1.16. The average Bonchev–Trinajstić information content (AvgIpc) is 3.83. The molecule has 46 heavy (non-hydrogen) atoms. The molecule has 13 heteroatoms. The van der Waals surface area contributed by atoms with Gasteiger partial charge in [-0.1, -0.05) is 23.4 Å². The van der Waals surface area contributed by atoms with Gasteiger partial charge in [-0.05, 0) is 51.1 Å². The molecule has 0 unspecified atom stereocenters. The molecule has 1 aromatic carbocycles. The molecule has 3 atom stereocenters. The molecule has 248 valence electrons. The number of phenols is 1. The van der Waals surface area contributed by atoms with Crippen LogP contribution in [0.1, 0.15) is 68.7 Å². The average molecular weight is 635 g/mol. The number of carbonyl (C=O) groups is 3. The van der Waals surface area contributed by atoms with Crippen LogP contribution in [-0.4, -0.2) is 127 Å². The summed E-state index contributed by atoms with van der Waals surface area (Å²) in [5.74, 6) is 0.204. The van der Waals surface area contributed by atoms with Crippen molar-refractivity contribution in [2.75, 3.05) is 46.4 Å². The zero-order valence-electron chi connectivity index (χ0n) is 26.7. The van der Waals surface area contributed by atoms with Gasteiger partial charge in [0.15, 0.2) is 0 Å². The molecule has 2 aromatic rings. The Bertz CT molecular complexity index is 1430. The van der Waals surface area contributed by atoms with Crippen molar-refractivity contribution in [2.45, 2.75) is 94.2 Å². The van der Waals surface area contributed by atoms with E-state index in [1.54, 1.807) is 22.8 Å². The molecule has 7 heterocycles. The molecule has 3 amide bonds. The van der Waals surface area contributed by atoms with Gasteiger partial charge in [0.25, 0.3) is 0 Å². The van der Waals surface area contributed by atoms with E-state index in [0.717, 1.165) is 37.8 Å². The minimum Gasteiger partial charge on any atom is -0.508 e. The van der Waals surface area contributed by atoms with Crippen LogP contribution in [0.25, 0.3) is 0 Å². The Morgan fingerprint density at radius 3 is 2.54 bits per heavy atom. The Morgan fingerprint density at radius 1 is 1.00 bits per heavy atom. The second kappa shape index (κ2) is 12.9. The largest absolute Gasteiger partial charge is 0.508 e. The topological polar surface area (TPSA) is 136 Å². The highest BCUT2D eigenvalue weighted by molar-refractivity contribution is 5.90. The van der Waals surface area contributed by atoms with E-state index in [9.17, 15) is 19.5 Å². The van der Waals surface area contributed by atoms with Crippen molar-refractivity contribution in [3.63, 3.8) is 0 Å². The van der Waals surface area contributed by atoms with Crippen LogP contribution >= 0.6 is 0 Å². The fourth-order valence-corrected chi connectivity index (χ4v) is 8.46. The number of hydrogen-bond acceptors (Lipinski definition) is 9. The van der Waals surface area contributed by atoms with Crippen molar-refractivity contribution in [2.24, 2.45) is 0 Å². The predicted octanol–water partition coefficient (Wildman–Crippen LogP) is 1.28. The molecule has 0 radical (unpaired) electrons. The molecule has 8 rings (SSSR count). The number of hydrogen-bond donors (Lipinski definition) is 2. The Kier molecular flexibility index (Phi) is 8.73. The summed E-state index contributed by atoms with van der Waals surface area (Å²) in [7, 11) is 1.61. The number of ether oxygens (including phenoxy) is 1. The van der Waals surface area contributed by atoms with Crippen LogP contribution < -0.4 is 5.32 Å². The lowest BCUT2D eigenvalue weighted by Crippen LogP contribution is -2.62. The van der Waals surface area contributed by atoms with Crippen molar-refractivity contribution in [3.8, 4) is 5.75 Å². The third-order valence-corrected chi connectivity index (χ3v) is 11.0. The molecule has 6 aliphatic heterocycles. The molecule has 6 fully saturated rings. The first-order valence-electron chi connectivity index (χ1n) is 16.9. The lowest BCUT2D eigenvalue weighted by atomic mass is 9.83. The summed E-state index contributed by atoms with van der Waals surface area (Å²) in [4.78, 5) is 51.0. The first-order chi connectivity index (χ1) is 22.3. The van der Waals surface area contributed by atoms with E-state index in [2.05, 4.69) is 25.4 Å². The van der Waals surface area contributed by atoms with Crippen LogP contribution in [0.3, 0.4) is 0 Å². The van der Waals surface area contributed by atoms with Crippen LogP contribution in [0.4, 0.5) is 0 Å². The third-order valence-electron chi connectivity index (χ3n) is 11.0. The molecule has 0 saturated carbocycles. The number of carbonyl (C=O) groups excluding carboxylic acids is 3. The van der Waals surface area contributed by atoms with Gasteiger partial charge in [0.05, 0.1) is 36.8 Å². The fraction of sp³-hybridized carbons (Fsp3) is 0.667. The summed E-state index contributed by atoms with van der Waals surface area (Å²) in [6.45, 7) is 4.82. The van der Waals surface area contributed by atoms with E-state index in [-0.39, 0.29) is 48.0 Å². The highest BCUT2D eigenvalue weighted by atomic mass is 16.5. The van der Waals surface area contributed by atoms with Gasteiger partial charge in [-0.25, -0.2) is 4.68 Å². The monoisotopic (exact) mass is 634 g/mol. The minimum atomic E-state index is -0.717. The molecule has 1 spiro atoms. The summed E-state index contributed by atoms with van der Waals surface area (Å²) in [6.07, 6.45) is 7.12. The van der Waals surface area contributed by atoms with Gasteiger partial charge in [0.1, 0.15) is 17.5 Å². The van der Waals surface area contributed by atoms with Gasteiger partial charge in [-0.2, -0.15) is 0 Å². The number of aromatic hydroxyl groups is 1. The summed E-state index contributed by atoms with van der Waals surface area (Å²) in [5.41, 5.74) is 0.849. The maximum Gasteiger partial charge on any atom is 0.245 e. The fourth-order valence-electron chi connectivity index (χ4n) is 8.46. The molecule has 2 bridgehead atoms. The standard InChI is InChI=1S/C33H46N8O5/c1-46-22-24-20-41(36-35-24)26-17-28-32(45)38-13-8-25(9-14-38)39-12-4-6-27(39)31(44)34-33(18-30(43)40(28)21-26)10-15-37(16-11-33)19-23-5-2-3-7-29(23)42/h2-3,5,7,20,25-28,42H,4,6,8-19,21-22H2,1H3,(H,34,44)/t26-,27-,28-/m0/s1. The zero-order chi connectivity index (χ0) is 31.8. The first kappa shape index (κ1) is 31.1. The van der Waals surface area contributed by atoms with Crippen LogP contribution in [-0.2, 0) is 32.3 Å². The molecular formula is C33H46N8O5. The number of nitrogens with zero attached hydrogens (tertiary/aromatic N) is 7. The number of benzene rings is 1. The van der Waals surface area contributed by atoms with Gasteiger partial charge in [-0.15, -0.1) is 5.10 Å². The molecule has 2 N–H and O–H groups in total. The number of fused-ring (bicyclic) bond motifs is 4.